The summed E-state index contributed by atoms with van der Waals surface area (Å²) in [5, 5.41) is 4.09. The third kappa shape index (κ3) is 2.49. The summed E-state index contributed by atoms with van der Waals surface area (Å²) in [5.41, 5.74) is 5.91. The highest BCUT2D eigenvalue weighted by molar-refractivity contribution is 5.28. The molecule has 2 heterocycles. The lowest BCUT2D eigenvalue weighted by Crippen LogP contribution is -2.36. The van der Waals surface area contributed by atoms with Gasteiger partial charge in [-0.15, -0.1) is 0 Å². The number of nitrogens with two attached hydrogens (primary N) is 1. The van der Waals surface area contributed by atoms with Crippen LogP contribution in [0.2, 0.25) is 0 Å². The molecule has 2 aliphatic rings. The van der Waals surface area contributed by atoms with Crippen molar-refractivity contribution in [1.82, 2.24) is 10.1 Å². The average molecular weight is 252 g/mol. The van der Waals surface area contributed by atoms with Gasteiger partial charge in [-0.1, -0.05) is 0 Å². The van der Waals surface area contributed by atoms with Gasteiger partial charge in [-0.25, -0.2) is 0 Å². The quantitative estimate of drug-likeness (QED) is 0.842. The molecule has 1 saturated carbocycles. The summed E-state index contributed by atoms with van der Waals surface area (Å²) in [7, 11) is 0. The fourth-order valence-electron chi connectivity index (χ4n) is 2.65. The van der Waals surface area contributed by atoms with Crippen molar-refractivity contribution in [3.05, 3.63) is 5.89 Å². The van der Waals surface area contributed by atoms with Crippen LogP contribution >= 0.6 is 0 Å². The molecule has 0 spiro atoms. The Morgan fingerprint density at radius 1 is 1.11 bits per heavy atom. The number of morpholine rings is 1. The molecule has 1 aromatic rings. The van der Waals surface area contributed by atoms with E-state index in [0.29, 0.717) is 17.9 Å². The summed E-state index contributed by atoms with van der Waals surface area (Å²) < 4.78 is 10.7. The SMILES string of the molecule is NC1CCC(c2nc(N3CCOCC3)no2)CC1. The van der Waals surface area contributed by atoms with E-state index in [1.807, 2.05) is 0 Å². The minimum atomic E-state index is 0.350. The first-order chi connectivity index (χ1) is 8.83. The first-order valence-electron chi connectivity index (χ1n) is 6.75. The summed E-state index contributed by atoms with van der Waals surface area (Å²) >= 11 is 0. The van der Waals surface area contributed by atoms with Crippen molar-refractivity contribution in [3.8, 4) is 0 Å². The fraction of sp³-hybridized carbons (Fsp3) is 0.833. The van der Waals surface area contributed by atoms with Crippen molar-refractivity contribution >= 4 is 5.95 Å². The molecule has 18 heavy (non-hydrogen) atoms. The smallest absolute Gasteiger partial charge is 0.266 e. The Morgan fingerprint density at radius 2 is 1.83 bits per heavy atom. The Hall–Kier alpha value is -1.14. The summed E-state index contributed by atoms with van der Waals surface area (Å²) in [5.74, 6) is 1.89. The Morgan fingerprint density at radius 3 is 2.56 bits per heavy atom. The van der Waals surface area contributed by atoms with Crippen LogP contribution in [0.4, 0.5) is 5.95 Å². The van der Waals surface area contributed by atoms with Crippen molar-refractivity contribution in [2.45, 2.75) is 37.6 Å². The molecule has 6 nitrogen and oxygen atoms in total. The maximum atomic E-state index is 5.91. The van der Waals surface area contributed by atoms with Crippen molar-refractivity contribution in [2.24, 2.45) is 5.73 Å². The highest BCUT2D eigenvalue weighted by Crippen LogP contribution is 2.31. The number of hydrogen-bond acceptors (Lipinski definition) is 6. The summed E-state index contributed by atoms with van der Waals surface area (Å²) in [4.78, 5) is 6.65. The maximum Gasteiger partial charge on any atom is 0.266 e. The Kier molecular flexibility index (Phi) is 3.47. The van der Waals surface area contributed by atoms with Crippen LogP contribution in [0.1, 0.15) is 37.5 Å². The zero-order valence-electron chi connectivity index (χ0n) is 10.5. The number of rotatable bonds is 2. The Balaban J connectivity index is 1.65. The standard InChI is InChI=1S/C12H20N4O2/c13-10-3-1-9(2-4-10)11-14-12(15-18-11)16-5-7-17-8-6-16/h9-10H,1-8,13H2. The van der Waals surface area contributed by atoms with Gasteiger partial charge in [-0.05, 0) is 30.8 Å². The molecule has 0 amide bonds. The predicted octanol–water partition coefficient (Wildman–Crippen LogP) is 0.891. The molecule has 0 aromatic carbocycles. The number of aromatic nitrogens is 2. The van der Waals surface area contributed by atoms with Gasteiger partial charge in [0.25, 0.3) is 5.95 Å². The molecule has 1 saturated heterocycles. The predicted molar refractivity (Wildman–Crippen MR) is 66.5 cm³/mol. The number of ether oxygens (including phenoxy) is 1. The van der Waals surface area contributed by atoms with Crippen LogP contribution in [0.5, 0.6) is 0 Å². The molecule has 0 bridgehead atoms. The highest BCUT2D eigenvalue weighted by Gasteiger charge is 2.26. The van der Waals surface area contributed by atoms with E-state index in [2.05, 4.69) is 15.0 Å². The average Bonchev–Trinajstić information content (AvgIpc) is 2.90. The minimum Gasteiger partial charge on any atom is -0.378 e. The molecule has 0 unspecified atom stereocenters. The van der Waals surface area contributed by atoms with Crippen molar-refractivity contribution in [1.29, 1.82) is 0 Å². The largest absolute Gasteiger partial charge is 0.378 e. The lowest BCUT2D eigenvalue weighted by molar-refractivity contribution is 0.121. The van der Waals surface area contributed by atoms with E-state index >= 15 is 0 Å². The van der Waals surface area contributed by atoms with Crippen LogP contribution in [-0.4, -0.2) is 42.5 Å². The maximum absolute atomic E-state index is 5.91. The van der Waals surface area contributed by atoms with E-state index in [1.165, 1.54) is 0 Å². The topological polar surface area (TPSA) is 77.4 Å². The van der Waals surface area contributed by atoms with Crippen LogP contribution in [0, 0.1) is 0 Å². The third-order valence-electron chi connectivity index (χ3n) is 3.85. The third-order valence-corrected chi connectivity index (χ3v) is 3.85. The zero-order valence-corrected chi connectivity index (χ0v) is 10.5. The first kappa shape index (κ1) is 11.9. The minimum absolute atomic E-state index is 0.350. The molecule has 3 rings (SSSR count). The summed E-state index contributed by atoms with van der Waals surface area (Å²) in [6.07, 6.45) is 4.23. The molecule has 6 heteroatoms. The van der Waals surface area contributed by atoms with Gasteiger partial charge in [0.2, 0.25) is 5.89 Å². The van der Waals surface area contributed by atoms with Gasteiger partial charge in [0.05, 0.1) is 13.2 Å². The molecule has 2 fully saturated rings. The van der Waals surface area contributed by atoms with Crippen LogP contribution < -0.4 is 10.6 Å². The van der Waals surface area contributed by atoms with Crippen molar-refractivity contribution in [2.75, 3.05) is 31.2 Å². The Bertz CT molecular complexity index is 381. The zero-order chi connectivity index (χ0) is 12.4. The number of nitrogens with zero attached hydrogens (tertiary/aromatic N) is 3. The molecule has 1 aliphatic carbocycles. The van der Waals surface area contributed by atoms with E-state index in [-0.39, 0.29) is 0 Å². The van der Waals surface area contributed by atoms with E-state index in [9.17, 15) is 0 Å². The fourth-order valence-corrected chi connectivity index (χ4v) is 2.65. The molecule has 0 atom stereocenters. The number of anilines is 1. The second-order valence-electron chi connectivity index (χ2n) is 5.14. The van der Waals surface area contributed by atoms with Gasteiger partial charge in [-0.3, -0.25) is 0 Å². The van der Waals surface area contributed by atoms with Gasteiger partial charge in [-0.2, -0.15) is 4.98 Å². The monoisotopic (exact) mass is 252 g/mol. The van der Waals surface area contributed by atoms with Gasteiger partial charge < -0.3 is 19.9 Å². The normalized spacial score (nSPS) is 29.5. The van der Waals surface area contributed by atoms with Gasteiger partial charge in [0.1, 0.15) is 0 Å². The number of hydrogen-bond donors (Lipinski definition) is 1. The second kappa shape index (κ2) is 5.24. The lowest BCUT2D eigenvalue weighted by Gasteiger charge is -2.25. The van der Waals surface area contributed by atoms with Crippen molar-refractivity contribution in [3.63, 3.8) is 0 Å². The molecule has 0 radical (unpaired) electrons. The summed E-state index contributed by atoms with van der Waals surface area (Å²) in [6.45, 7) is 3.16. The van der Waals surface area contributed by atoms with E-state index in [4.69, 9.17) is 15.0 Å². The first-order valence-corrected chi connectivity index (χ1v) is 6.75. The molecule has 2 N–H and O–H groups in total. The lowest BCUT2D eigenvalue weighted by atomic mass is 9.86. The van der Waals surface area contributed by atoms with Crippen LogP contribution in [0.25, 0.3) is 0 Å². The molecular weight excluding hydrogens is 232 g/mol. The Labute approximate surface area is 106 Å². The summed E-state index contributed by atoms with van der Waals surface area (Å²) in [6, 6.07) is 0.350. The van der Waals surface area contributed by atoms with Gasteiger partial charge >= 0.3 is 0 Å². The van der Waals surface area contributed by atoms with Crippen LogP contribution in [0.15, 0.2) is 4.52 Å². The second-order valence-corrected chi connectivity index (χ2v) is 5.14. The van der Waals surface area contributed by atoms with Gasteiger partial charge in [0.15, 0.2) is 0 Å². The highest BCUT2D eigenvalue weighted by atomic mass is 16.5. The van der Waals surface area contributed by atoms with E-state index in [1.54, 1.807) is 0 Å². The van der Waals surface area contributed by atoms with Crippen LogP contribution in [-0.2, 0) is 4.74 Å². The molecule has 1 aromatic heterocycles. The van der Waals surface area contributed by atoms with E-state index in [0.717, 1.165) is 57.9 Å². The molecule has 100 valence electrons. The van der Waals surface area contributed by atoms with Crippen molar-refractivity contribution < 1.29 is 9.26 Å². The van der Waals surface area contributed by atoms with E-state index < -0.39 is 0 Å². The van der Waals surface area contributed by atoms with Gasteiger partial charge in [0, 0.05) is 25.0 Å². The van der Waals surface area contributed by atoms with Crippen LogP contribution in [0.3, 0.4) is 0 Å². The molecular formula is C12H20N4O2. The molecule has 1 aliphatic heterocycles.